The van der Waals surface area contributed by atoms with Gasteiger partial charge in [0.1, 0.15) is 5.82 Å². The number of benzene rings is 2. The lowest BCUT2D eigenvalue weighted by molar-refractivity contribution is 0.205. The van der Waals surface area contributed by atoms with Gasteiger partial charge in [0.2, 0.25) is 0 Å². The molecule has 0 spiro atoms. The highest BCUT2D eigenvalue weighted by atomic mass is 19.1. The molecule has 134 valence electrons. The van der Waals surface area contributed by atoms with Crippen LogP contribution in [0.15, 0.2) is 42.5 Å². The molecule has 1 aliphatic rings. The minimum Gasteiger partial charge on any atom is -0.504 e. The molecule has 1 aliphatic heterocycles. The Bertz CT molecular complexity index is 691. The number of likely N-dealkylation sites (tertiary alicyclic amines) is 1. The van der Waals surface area contributed by atoms with Crippen molar-refractivity contribution in [1.82, 2.24) is 4.90 Å². The molecular formula is C20H25FN2O2. The first kappa shape index (κ1) is 17.5. The monoisotopic (exact) mass is 344 g/mol. The van der Waals surface area contributed by atoms with Gasteiger partial charge in [-0.05, 0) is 56.6 Å². The van der Waals surface area contributed by atoms with Gasteiger partial charge < -0.3 is 15.2 Å². The summed E-state index contributed by atoms with van der Waals surface area (Å²) in [6.45, 7) is 5.01. The molecular weight excluding hydrogens is 319 g/mol. The quantitative estimate of drug-likeness (QED) is 0.831. The number of para-hydroxylation sites is 1. The van der Waals surface area contributed by atoms with E-state index in [1.165, 1.54) is 12.1 Å². The van der Waals surface area contributed by atoms with Crippen molar-refractivity contribution >= 4 is 5.69 Å². The van der Waals surface area contributed by atoms with E-state index in [4.69, 9.17) is 4.74 Å². The van der Waals surface area contributed by atoms with Crippen LogP contribution in [0, 0.1) is 5.82 Å². The van der Waals surface area contributed by atoms with Crippen LogP contribution in [0.2, 0.25) is 0 Å². The van der Waals surface area contributed by atoms with Crippen LogP contribution in [-0.4, -0.2) is 35.7 Å². The van der Waals surface area contributed by atoms with Gasteiger partial charge in [0, 0.05) is 30.4 Å². The normalized spacial score (nSPS) is 18.1. The van der Waals surface area contributed by atoms with Gasteiger partial charge in [-0.2, -0.15) is 0 Å². The number of rotatable bonds is 6. The van der Waals surface area contributed by atoms with E-state index in [2.05, 4.69) is 10.2 Å². The lowest BCUT2D eigenvalue weighted by Gasteiger charge is -2.34. The van der Waals surface area contributed by atoms with E-state index >= 15 is 0 Å². The molecule has 0 aliphatic carbocycles. The molecule has 1 saturated heterocycles. The predicted octanol–water partition coefficient (Wildman–Crippen LogP) is 4.01. The Kier molecular flexibility index (Phi) is 5.76. The number of ether oxygens (including phenoxy) is 1. The summed E-state index contributed by atoms with van der Waals surface area (Å²) in [6.07, 6.45) is 2.17. The number of anilines is 1. The molecule has 2 aromatic carbocycles. The van der Waals surface area contributed by atoms with E-state index < -0.39 is 0 Å². The second-order valence-electron chi connectivity index (χ2n) is 6.42. The highest BCUT2D eigenvalue weighted by Crippen LogP contribution is 2.31. The van der Waals surface area contributed by atoms with Crippen LogP contribution in [0.5, 0.6) is 11.5 Å². The summed E-state index contributed by atoms with van der Waals surface area (Å²) in [5.41, 5.74) is 1.82. The summed E-state index contributed by atoms with van der Waals surface area (Å²) in [6, 6.07) is 12.4. The zero-order valence-corrected chi connectivity index (χ0v) is 14.5. The fraction of sp³-hybridized carbons (Fsp3) is 0.400. The number of phenols is 1. The summed E-state index contributed by atoms with van der Waals surface area (Å²) in [5, 5.41) is 13.8. The Hall–Kier alpha value is -2.27. The number of nitrogens with zero attached hydrogens (tertiary/aromatic N) is 1. The molecule has 25 heavy (non-hydrogen) atoms. The Morgan fingerprint density at radius 1 is 1.24 bits per heavy atom. The SMILES string of the molecule is CCOc1cccc(CN2CCC[C@H](Nc3ccc(F)cc3)C2)c1O. The fourth-order valence-corrected chi connectivity index (χ4v) is 3.31. The Morgan fingerprint density at radius 2 is 2.04 bits per heavy atom. The van der Waals surface area contributed by atoms with Crippen molar-refractivity contribution in [2.75, 3.05) is 25.0 Å². The number of phenolic OH excluding ortho intramolecular Hbond substituents is 1. The average Bonchev–Trinajstić information content (AvgIpc) is 2.61. The smallest absolute Gasteiger partial charge is 0.162 e. The van der Waals surface area contributed by atoms with Crippen molar-refractivity contribution in [1.29, 1.82) is 0 Å². The summed E-state index contributed by atoms with van der Waals surface area (Å²) < 4.78 is 18.5. The average molecular weight is 344 g/mol. The van der Waals surface area contributed by atoms with Gasteiger partial charge in [-0.25, -0.2) is 4.39 Å². The molecule has 0 radical (unpaired) electrons. The minimum absolute atomic E-state index is 0.222. The van der Waals surface area contributed by atoms with Crippen LogP contribution < -0.4 is 10.1 Å². The molecule has 0 amide bonds. The molecule has 0 saturated carbocycles. The molecule has 3 rings (SSSR count). The zero-order chi connectivity index (χ0) is 17.6. The van der Waals surface area contributed by atoms with Crippen LogP contribution in [0.1, 0.15) is 25.3 Å². The van der Waals surface area contributed by atoms with Gasteiger partial charge in [0.05, 0.1) is 6.61 Å². The van der Waals surface area contributed by atoms with Crippen molar-refractivity contribution in [3.8, 4) is 11.5 Å². The minimum atomic E-state index is -0.222. The maximum absolute atomic E-state index is 13.0. The van der Waals surface area contributed by atoms with E-state index in [9.17, 15) is 9.50 Å². The first-order valence-corrected chi connectivity index (χ1v) is 8.84. The van der Waals surface area contributed by atoms with Crippen molar-refractivity contribution < 1.29 is 14.2 Å². The van der Waals surface area contributed by atoms with E-state index in [0.29, 0.717) is 24.9 Å². The number of nitrogens with one attached hydrogen (secondary N) is 1. The summed E-state index contributed by atoms with van der Waals surface area (Å²) in [5.74, 6) is 0.552. The number of aromatic hydroxyl groups is 1. The topological polar surface area (TPSA) is 44.7 Å². The molecule has 0 bridgehead atoms. The van der Waals surface area contributed by atoms with Gasteiger partial charge >= 0.3 is 0 Å². The Morgan fingerprint density at radius 3 is 2.80 bits per heavy atom. The van der Waals surface area contributed by atoms with Crippen LogP contribution in [0.25, 0.3) is 0 Å². The van der Waals surface area contributed by atoms with Crippen LogP contribution in [-0.2, 0) is 6.54 Å². The van der Waals surface area contributed by atoms with Gasteiger partial charge in [0.25, 0.3) is 0 Å². The van der Waals surface area contributed by atoms with Crippen LogP contribution in [0.4, 0.5) is 10.1 Å². The third-order valence-corrected chi connectivity index (χ3v) is 4.50. The molecule has 1 heterocycles. The fourth-order valence-electron chi connectivity index (χ4n) is 3.31. The van der Waals surface area contributed by atoms with E-state index in [1.807, 2.05) is 19.1 Å². The van der Waals surface area contributed by atoms with E-state index in [-0.39, 0.29) is 11.6 Å². The zero-order valence-electron chi connectivity index (χ0n) is 14.5. The lowest BCUT2D eigenvalue weighted by atomic mass is 10.0. The van der Waals surface area contributed by atoms with Crippen LogP contribution >= 0.6 is 0 Å². The number of hydrogen-bond acceptors (Lipinski definition) is 4. The maximum atomic E-state index is 13.0. The third-order valence-electron chi connectivity index (χ3n) is 4.50. The summed E-state index contributed by atoms with van der Waals surface area (Å²) in [4.78, 5) is 2.33. The maximum Gasteiger partial charge on any atom is 0.162 e. The van der Waals surface area contributed by atoms with Gasteiger partial charge in [-0.1, -0.05) is 12.1 Å². The number of halogens is 1. The molecule has 1 fully saturated rings. The summed E-state index contributed by atoms with van der Waals surface area (Å²) >= 11 is 0. The van der Waals surface area contributed by atoms with E-state index in [0.717, 1.165) is 37.2 Å². The van der Waals surface area contributed by atoms with Crippen molar-refractivity contribution in [2.45, 2.75) is 32.4 Å². The second kappa shape index (κ2) is 8.21. The molecule has 1 atom stereocenters. The molecule has 4 nitrogen and oxygen atoms in total. The molecule has 5 heteroatoms. The predicted molar refractivity (Wildman–Crippen MR) is 97.6 cm³/mol. The molecule has 0 unspecified atom stereocenters. The van der Waals surface area contributed by atoms with E-state index in [1.54, 1.807) is 18.2 Å². The third kappa shape index (κ3) is 4.63. The number of piperidine rings is 1. The standard InChI is InChI=1S/C20H25FN2O2/c1-2-25-19-7-3-5-15(20(19)24)13-23-12-4-6-18(14-23)22-17-10-8-16(21)9-11-17/h3,5,7-11,18,22,24H,2,4,6,12-14H2,1H3/t18-/m0/s1. The molecule has 2 aromatic rings. The highest BCUT2D eigenvalue weighted by molar-refractivity contribution is 5.46. The summed E-state index contributed by atoms with van der Waals surface area (Å²) in [7, 11) is 0. The number of hydrogen-bond donors (Lipinski definition) is 2. The van der Waals surface area contributed by atoms with Crippen molar-refractivity contribution in [3.63, 3.8) is 0 Å². The second-order valence-corrected chi connectivity index (χ2v) is 6.42. The highest BCUT2D eigenvalue weighted by Gasteiger charge is 2.21. The Labute approximate surface area is 148 Å². The molecule has 2 N–H and O–H groups in total. The van der Waals surface area contributed by atoms with Crippen molar-refractivity contribution in [2.24, 2.45) is 0 Å². The first-order chi connectivity index (χ1) is 12.2. The van der Waals surface area contributed by atoms with Crippen molar-refractivity contribution in [3.05, 3.63) is 53.8 Å². The van der Waals surface area contributed by atoms with Gasteiger partial charge in [-0.15, -0.1) is 0 Å². The largest absolute Gasteiger partial charge is 0.504 e. The Balaban J connectivity index is 1.62. The van der Waals surface area contributed by atoms with Crippen LogP contribution in [0.3, 0.4) is 0 Å². The van der Waals surface area contributed by atoms with Gasteiger partial charge in [-0.3, -0.25) is 4.90 Å². The lowest BCUT2D eigenvalue weighted by Crippen LogP contribution is -2.41. The molecule has 0 aromatic heterocycles. The van der Waals surface area contributed by atoms with Gasteiger partial charge in [0.15, 0.2) is 11.5 Å². The first-order valence-electron chi connectivity index (χ1n) is 8.84.